The van der Waals surface area contributed by atoms with Crippen LogP contribution in [0.5, 0.6) is 5.75 Å². The molecule has 98 valence electrons. The summed E-state index contributed by atoms with van der Waals surface area (Å²) in [5.41, 5.74) is 5.68. The van der Waals surface area contributed by atoms with Gasteiger partial charge in [-0.2, -0.15) is 0 Å². The van der Waals surface area contributed by atoms with E-state index >= 15 is 0 Å². The topological polar surface area (TPSA) is 44.5 Å². The zero-order valence-electron chi connectivity index (χ0n) is 10.0. The van der Waals surface area contributed by atoms with Crippen LogP contribution in [0.3, 0.4) is 0 Å². The lowest BCUT2D eigenvalue weighted by Gasteiger charge is -2.13. The monoisotopic (exact) mass is 269 g/mol. The van der Waals surface area contributed by atoms with Crippen LogP contribution in [0.25, 0.3) is 0 Å². The number of rotatable bonds is 5. The zero-order valence-corrected chi connectivity index (χ0v) is 10.8. The maximum atomic E-state index is 13.6. The molecule has 1 fully saturated rings. The summed E-state index contributed by atoms with van der Waals surface area (Å²) in [4.78, 5) is 0.0141. The van der Waals surface area contributed by atoms with E-state index in [4.69, 9.17) is 27.4 Å². The number of hydrogen-bond donors (Lipinski definition) is 1. The van der Waals surface area contributed by atoms with Gasteiger partial charge in [0.2, 0.25) is 0 Å². The van der Waals surface area contributed by atoms with Crippen LogP contribution in [0.15, 0.2) is 18.2 Å². The third-order valence-corrected chi connectivity index (χ3v) is 3.15. The lowest BCUT2D eigenvalue weighted by molar-refractivity contribution is 0.0903. The van der Waals surface area contributed by atoms with Gasteiger partial charge in [-0.1, -0.05) is 18.3 Å². The molecule has 1 aromatic rings. The van der Waals surface area contributed by atoms with Crippen LogP contribution in [0.2, 0.25) is 0 Å². The van der Waals surface area contributed by atoms with Crippen LogP contribution < -0.4 is 10.5 Å². The molecule has 1 unspecified atom stereocenters. The smallest absolute Gasteiger partial charge is 0.137 e. The first-order valence-electron chi connectivity index (χ1n) is 6.01. The number of ether oxygens (including phenoxy) is 2. The third kappa shape index (κ3) is 3.17. The predicted molar refractivity (Wildman–Crippen MR) is 71.4 cm³/mol. The molecular weight excluding hydrogens is 253 g/mol. The molecule has 1 aliphatic rings. The van der Waals surface area contributed by atoms with Crippen molar-refractivity contribution in [3.05, 3.63) is 29.6 Å². The van der Waals surface area contributed by atoms with Gasteiger partial charge in [-0.05, 0) is 25.0 Å². The van der Waals surface area contributed by atoms with Gasteiger partial charge in [-0.25, -0.2) is 4.39 Å². The van der Waals surface area contributed by atoms with E-state index in [1.54, 1.807) is 12.1 Å². The maximum Gasteiger partial charge on any atom is 0.137 e. The Balaban J connectivity index is 1.96. The summed E-state index contributed by atoms with van der Waals surface area (Å²) >= 11 is 4.83. The fourth-order valence-corrected chi connectivity index (χ4v) is 2.23. The van der Waals surface area contributed by atoms with Crippen molar-refractivity contribution in [2.24, 2.45) is 5.73 Å². The third-order valence-electron chi connectivity index (χ3n) is 2.94. The van der Waals surface area contributed by atoms with Crippen LogP contribution >= 0.6 is 12.2 Å². The fraction of sp³-hybridized carbons (Fsp3) is 0.462. The first-order valence-corrected chi connectivity index (χ1v) is 6.42. The SMILES string of the molecule is NC(=S)c1c(F)cccc1OCCC1CCCO1. The second-order valence-corrected chi connectivity index (χ2v) is 4.69. The largest absolute Gasteiger partial charge is 0.493 e. The number of benzene rings is 1. The normalized spacial score (nSPS) is 18.8. The predicted octanol–water partition coefficient (Wildman–Crippen LogP) is 2.41. The molecule has 1 atom stereocenters. The molecule has 0 aliphatic carbocycles. The Labute approximate surface area is 111 Å². The van der Waals surface area contributed by atoms with Crippen molar-refractivity contribution >= 4 is 17.2 Å². The number of nitrogens with two attached hydrogens (primary N) is 1. The van der Waals surface area contributed by atoms with Gasteiger partial charge in [0, 0.05) is 13.0 Å². The highest BCUT2D eigenvalue weighted by Crippen LogP contribution is 2.22. The molecule has 1 aromatic carbocycles. The molecule has 1 saturated heterocycles. The lowest BCUT2D eigenvalue weighted by Crippen LogP contribution is -2.16. The minimum Gasteiger partial charge on any atom is -0.493 e. The van der Waals surface area contributed by atoms with E-state index in [0.717, 1.165) is 25.9 Å². The van der Waals surface area contributed by atoms with Crippen LogP contribution in [0.1, 0.15) is 24.8 Å². The summed E-state index contributed by atoms with van der Waals surface area (Å²) in [5.74, 6) is -0.0439. The standard InChI is InChI=1S/C13H16FNO2S/c14-10-4-1-5-11(12(10)13(15)18)17-8-6-9-3-2-7-16-9/h1,4-5,9H,2-3,6-8H2,(H2,15,18). The van der Waals surface area contributed by atoms with Gasteiger partial charge in [0.25, 0.3) is 0 Å². The molecule has 2 rings (SSSR count). The summed E-state index contributed by atoms with van der Waals surface area (Å²) in [7, 11) is 0. The van der Waals surface area contributed by atoms with E-state index in [0.29, 0.717) is 12.4 Å². The molecule has 2 N–H and O–H groups in total. The van der Waals surface area contributed by atoms with Crippen LogP contribution in [-0.4, -0.2) is 24.3 Å². The first-order chi connectivity index (χ1) is 8.68. The van der Waals surface area contributed by atoms with Gasteiger partial charge >= 0.3 is 0 Å². The van der Waals surface area contributed by atoms with Gasteiger partial charge in [0.15, 0.2) is 0 Å². The molecule has 0 radical (unpaired) electrons. The summed E-state index contributed by atoms with van der Waals surface area (Å²) in [6.07, 6.45) is 3.22. The summed E-state index contributed by atoms with van der Waals surface area (Å²) in [6.45, 7) is 1.30. The van der Waals surface area contributed by atoms with Crippen molar-refractivity contribution in [3.63, 3.8) is 0 Å². The molecule has 0 amide bonds. The summed E-state index contributed by atoms with van der Waals surface area (Å²) in [5, 5.41) is 0. The van der Waals surface area contributed by atoms with Gasteiger partial charge in [-0.15, -0.1) is 0 Å². The van der Waals surface area contributed by atoms with Gasteiger partial charge < -0.3 is 15.2 Å². The van der Waals surface area contributed by atoms with Crippen molar-refractivity contribution in [2.75, 3.05) is 13.2 Å². The highest BCUT2D eigenvalue weighted by Gasteiger charge is 2.16. The van der Waals surface area contributed by atoms with Crippen molar-refractivity contribution in [1.29, 1.82) is 0 Å². The Morgan fingerprint density at radius 1 is 1.56 bits per heavy atom. The Hall–Kier alpha value is -1.20. The molecular formula is C13H16FNO2S. The fourth-order valence-electron chi connectivity index (χ4n) is 2.04. The molecule has 0 bridgehead atoms. The van der Waals surface area contributed by atoms with Gasteiger partial charge in [-0.3, -0.25) is 0 Å². The van der Waals surface area contributed by atoms with E-state index in [9.17, 15) is 4.39 Å². The molecule has 1 heterocycles. The highest BCUT2D eigenvalue weighted by molar-refractivity contribution is 7.80. The Morgan fingerprint density at radius 3 is 3.06 bits per heavy atom. The Bertz CT molecular complexity index is 433. The minimum absolute atomic E-state index is 0.0141. The minimum atomic E-state index is -0.447. The van der Waals surface area contributed by atoms with Crippen molar-refractivity contribution in [2.45, 2.75) is 25.4 Å². The van der Waals surface area contributed by atoms with Crippen molar-refractivity contribution < 1.29 is 13.9 Å². The van der Waals surface area contributed by atoms with E-state index in [2.05, 4.69) is 0 Å². The Morgan fingerprint density at radius 2 is 2.39 bits per heavy atom. The molecule has 5 heteroatoms. The summed E-state index contributed by atoms with van der Waals surface area (Å²) in [6, 6.07) is 4.58. The lowest BCUT2D eigenvalue weighted by atomic mass is 10.2. The summed E-state index contributed by atoms with van der Waals surface area (Å²) < 4.78 is 24.6. The van der Waals surface area contributed by atoms with Crippen molar-refractivity contribution in [3.8, 4) is 5.75 Å². The molecule has 18 heavy (non-hydrogen) atoms. The Kier molecular flexibility index (Phi) is 4.49. The highest BCUT2D eigenvalue weighted by atomic mass is 32.1. The van der Waals surface area contributed by atoms with Gasteiger partial charge in [0.05, 0.1) is 18.3 Å². The van der Waals surface area contributed by atoms with Crippen molar-refractivity contribution in [1.82, 2.24) is 0 Å². The second-order valence-electron chi connectivity index (χ2n) is 4.25. The number of thiocarbonyl (C=S) groups is 1. The van der Waals surface area contributed by atoms with Crippen LogP contribution in [0, 0.1) is 5.82 Å². The number of hydrogen-bond acceptors (Lipinski definition) is 3. The quantitative estimate of drug-likeness (QED) is 0.834. The molecule has 1 aliphatic heterocycles. The van der Waals surface area contributed by atoms with E-state index < -0.39 is 5.82 Å². The second kappa shape index (κ2) is 6.11. The maximum absolute atomic E-state index is 13.6. The average molecular weight is 269 g/mol. The van der Waals surface area contributed by atoms with Crippen LogP contribution in [-0.2, 0) is 4.74 Å². The average Bonchev–Trinajstić information content (AvgIpc) is 2.81. The molecule has 0 spiro atoms. The van der Waals surface area contributed by atoms with Crippen LogP contribution in [0.4, 0.5) is 4.39 Å². The van der Waals surface area contributed by atoms with E-state index in [1.165, 1.54) is 6.07 Å². The molecule has 0 saturated carbocycles. The number of halogens is 1. The molecule has 3 nitrogen and oxygen atoms in total. The van der Waals surface area contributed by atoms with Gasteiger partial charge in [0.1, 0.15) is 16.6 Å². The first kappa shape index (κ1) is 13.2. The zero-order chi connectivity index (χ0) is 13.0. The van der Waals surface area contributed by atoms with E-state index in [-0.39, 0.29) is 16.7 Å². The van der Waals surface area contributed by atoms with E-state index in [1.807, 2.05) is 0 Å². The molecule has 0 aromatic heterocycles.